The van der Waals surface area contributed by atoms with E-state index in [1.165, 1.54) is 24.8 Å². The molecule has 3 heteroatoms. The molecule has 2 heterocycles. The second kappa shape index (κ2) is 7.14. The minimum atomic E-state index is 0.588. The Kier molecular flexibility index (Phi) is 5.49. The van der Waals surface area contributed by atoms with Crippen LogP contribution < -0.4 is 5.32 Å². The number of rotatable bonds is 6. The van der Waals surface area contributed by atoms with Gasteiger partial charge in [0, 0.05) is 12.6 Å². The predicted octanol–water partition coefficient (Wildman–Crippen LogP) is 3.09. The third kappa shape index (κ3) is 4.09. The molecule has 1 fully saturated rings. The van der Waals surface area contributed by atoms with Gasteiger partial charge in [-0.25, -0.2) is 0 Å². The summed E-state index contributed by atoms with van der Waals surface area (Å²) in [5, 5.41) is 8.14. The summed E-state index contributed by atoms with van der Waals surface area (Å²) in [4.78, 5) is 0. The van der Waals surface area contributed by atoms with Gasteiger partial charge in [0.2, 0.25) is 0 Å². The van der Waals surface area contributed by atoms with E-state index in [0.717, 1.165) is 26.2 Å². The molecule has 0 amide bonds. The zero-order valence-electron chi connectivity index (χ0n) is 10.7. The average Bonchev–Trinajstić information content (AvgIpc) is 2.88. The highest BCUT2D eigenvalue weighted by molar-refractivity contribution is 7.07. The lowest BCUT2D eigenvalue weighted by atomic mass is 9.90. The summed E-state index contributed by atoms with van der Waals surface area (Å²) >= 11 is 1.79. The summed E-state index contributed by atoms with van der Waals surface area (Å²) in [6, 6.07) is 2.83. The topological polar surface area (TPSA) is 21.3 Å². The SMILES string of the molecule is CCCNC(Cc1ccsc1)C1CCCOC1. The molecular weight excluding hydrogens is 230 g/mol. The van der Waals surface area contributed by atoms with E-state index in [1.54, 1.807) is 11.3 Å². The number of ether oxygens (including phenoxy) is 1. The molecule has 0 spiro atoms. The third-order valence-corrected chi connectivity index (χ3v) is 4.19. The summed E-state index contributed by atoms with van der Waals surface area (Å²) in [6.07, 6.45) is 4.88. The van der Waals surface area contributed by atoms with E-state index in [9.17, 15) is 0 Å². The van der Waals surface area contributed by atoms with Crippen molar-refractivity contribution in [3.8, 4) is 0 Å². The fourth-order valence-corrected chi connectivity index (χ4v) is 3.16. The molecule has 2 unspecified atom stereocenters. The smallest absolute Gasteiger partial charge is 0.0509 e. The lowest BCUT2D eigenvalue weighted by molar-refractivity contribution is 0.0393. The molecule has 17 heavy (non-hydrogen) atoms. The fourth-order valence-electron chi connectivity index (χ4n) is 2.48. The molecule has 0 aliphatic carbocycles. The second-order valence-corrected chi connectivity index (χ2v) is 5.65. The van der Waals surface area contributed by atoms with Crippen LogP contribution in [0.4, 0.5) is 0 Å². The largest absolute Gasteiger partial charge is 0.381 e. The molecule has 2 atom stereocenters. The van der Waals surface area contributed by atoms with Crippen LogP contribution in [-0.2, 0) is 11.2 Å². The van der Waals surface area contributed by atoms with Crippen molar-refractivity contribution in [2.45, 2.75) is 38.6 Å². The van der Waals surface area contributed by atoms with Crippen molar-refractivity contribution in [2.75, 3.05) is 19.8 Å². The molecule has 2 rings (SSSR count). The van der Waals surface area contributed by atoms with Crippen LogP contribution in [0.2, 0.25) is 0 Å². The molecule has 2 nitrogen and oxygen atoms in total. The Bertz CT molecular complexity index is 293. The van der Waals surface area contributed by atoms with Crippen molar-refractivity contribution in [1.29, 1.82) is 0 Å². The first kappa shape index (κ1) is 13.1. The Hall–Kier alpha value is -0.380. The van der Waals surface area contributed by atoms with Crippen LogP contribution in [0.1, 0.15) is 31.7 Å². The maximum atomic E-state index is 5.62. The van der Waals surface area contributed by atoms with Gasteiger partial charge in [0.15, 0.2) is 0 Å². The van der Waals surface area contributed by atoms with Crippen molar-refractivity contribution < 1.29 is 4.74 Å². The molecule has 96 valence electrons. The van der Waals surface area contributed by atoms with Crippen molar-refractivity contribution >= 4 is 11.3 Å². The van der Waals surface area contributed by atoms with Crippen LogP contribution in [-0.4, -0.2) is 25.8 Å². The molecule has 0 saturated carbocycles. The quantitative estimate of drug-likeness (QED) is 0.841. The second-order valence-electron chi connectivity index (χ2n) is 4.87. The summed E-state index contributed by atoms with van der Waals surface area (Å²) in [5.74, 6) is 0.690. The van der Waals surface area contributed by atoms with Crippen LogP contribution >= 0.6 is 11.3 Å². The van der Waals surface area contributed by atoms with Crippen LogP contribution in [0.15, 0.2) is 16.8 Å². The summed E-state index contributed by atoms with van der Waals surface area (Å²) in [6.45, 7) is 5.23. The van der Waals surface area contributed by atoms with Crippen molar-refractivity contribution in [3.05, 3.63) is 22.4 Å². The van der Waals surface area contributed by atoms with Gasteiger partial charge in [-0.1, -0.05) is 6.92 Å². The average molecular weight is 253 g/mol. The molecule has 0 bridgehead atoms. The Balaban J connectivity index is 1.91. The van der Waals surface area contributed by atoms with E-state index in [2.05, 4.69) is 29.1 Å². The van der Waals surface area contributed by atoms with E-state index < -0.39 is 0 Å². The van der Waals surface area contributed by atoms with Gasteiger partial charge >= 0.3 is 0 Å². The highest BCUT2D eigenvalue weighted by Gasteiger charge is 2.23. The maximum absolute atomic E-state index is 5.62. The Morgan fingerprint density at radius 2 is 2.53 bits per heavy atom. The van der Waals surface area contributed by atoms with Gasteiger partial charge < -0.3 is 10.1 Å². The van der Waals surface area contributed by atoms with Gasteiger partial charge in [0.05, 0.1) is 6.61 Å². The van der Waals surface area contributed by atoms with E-state index in [0.29, 0.717) is 12.0 Å². The number of hydrogen-bond acceptors (Lipinski definition) is 3. The third-order valence-electron chi connectivity index (χ3n) is 3.46. The van der Waals surface area contributed by atoms with E-state index >= 15 is 0 Å². The Morgan fingerprint density at radius 1 is 1.59 bits per heavy atom. The molecule has 1 aliphatic rings. The summed E-state index contributed by atoms with van der Waals surface area (Å²) in [5.41, 5.74) is 1.47. The summed E-state index contributed by atoms with van der Waals surface area (Å²) in [7, 11) is 0. The van der Waals surface area contributed by atoms with Crippen LogP contribution in [0.25, 0.3) is 0 Å². The first-order chi connectivity index (χ1) is 8.40. The van der Waals surface area contributed by atoms with Crippen molar-refractivity contribution in [1.82, 2.24) is 5.32 Å². The summed E-state index contributed by atoms with van der Waals surface area (Å²) < 4.78 is 5.62. The van der Waals surface area contributed by atoms with Crippen LogP contribution in [0, 0.1) is 5.92 Å². The Morgan fingerprint density at radius 3 is 3.18 bits per heavy atom. The molecule has 1 aliphatic heterocycles. The molecular formula is C14H23NOS. The van der Waals surface area contributed by atoms with Gasteiger partial charge in [-0.05, 0) is 60.5 Å². The van der Waals surface area contributed by atoms with E-state index in [-0.39, 0.29) is 0 Å². The first-order valence-corrected chi connectivity index (χ1v) is 7.66. The monoisotopic (exact) mass is 253 g/mol. The highest BCUT2D eigenvalue weighted by atomic mass is 32.1. The van der Waals surface area contributed by atoms with Crippen molar-refractivity contribution in [2.24, 2.45) is 5.92 Å². The fraction of sp³-hybridized carbons (Fsp3) is 0.714. The number of nitrogens with one attached hydrogen (secondary N) is 1. The minimum Gasteiger partial charge on any atom is -0.381 e. The van der Waals surface area contributed by atoms with Gasteiger partial charge in [-0.3, -0.25) is 0 Å². The highest BCUT2D eigenvalue weighted by Crippen LogP contribution is 2.21. The zero-order chi connectivity index (χ0) is 11.9. The van der Waals surface area contributed by atoms with Gasteiger partial charge in [0.25, 0.3) is 0 Å². The number of thiophene rings is 1. The van der Waals surface area contributed by atoms with E-state index in [4.69, 9.17) is 4.74 Å². The maximum Gasteiger partial charge on any atom is 0.0509 e. The van der Waals surface area contributed by atoms with Gasteiger partial charge in [-0.15, -0.1) is 0 Å². The minimum absolute atomic E-state index is 0.588. The van der Waals surface area contributed by atoms with Crippen LogP contribution in [0.3, 0.4) is 0 Å². The van der Waals surface area contributed by atoms with Crippen LogP contribution in [0.5, 0.6) is 0 Å². The predicted molar refractivity (Wildman–Crippen MR) is 73.6 cm³/mol. The van der Waals surface area contributed by atoms with Gasteiger partial charge in [-0.2, -0.15) is 11.3 Å². The molecule has 1 aromatic rings. The van der Waals surface area contributed by atoms with Gasteiger partial charge in [0.1, 0.15) is 0 Å². The first-order valence-electron chi connectivity index (χ1n) is 6.72. The standard InChI is InChI=1S/C14H23NOS/c1-2-6-15-14(9-12-5-8-17-11-12)13-4-3-7-16-10-13/h5,8,11,13-15H,2-4,6-7,9-10H2,1H3. The molecule has 0 radical (unpaired) electrons. The van der Waals surface area contributed by atoms with Crippen molar-refractivity contribution in [3.63, 3.8) is 0 Å². The molecule has 1 aromatic heterocycles. The molecule has 1 saturated heterocycles. The lowest BCUT2D eigenvalue weighted by Gasteiger charge is -2.31. The number of hydrogen-bond donors (Lipinski definition) is 1. The Labute approximate surface area is 108 Å². The zero-order valence-corrected chi connectivity index (χ0v) is 11.5. The van der Waals surface area contributed by atoms with E-state index in [1.807, 2.05) is 0 Å². The molecule has 1 N–H and O–H groups in total. The molecule has 0 aromatic carbocycles. The normalized spacial score (nSPS) is 22.5. The lowest BCUT2D eigenvalue weighted by Crippen LogP contribution is -2.42.